The lowest BCUT2D eigenvalue weighted by molar-refractivity contribution is -0.153. The molecule has 0 saturated carbocycles. The van der Waals surface area contributed by atoms with Crippen molar-refractivity contribution in [1.82, 2.24) is 10.2 Å². The number of hydrogen-bond acceptors (Lipinski definition) is 4. The number of ether oxygens (including phenoxy) is 1. The zero-order valence-corrected chi connectivity index (χ0v) is 8.53. The Balaban J connectivity index is 2.38. The molecule has 0 unspecified atom stereocenters. The van der Waals surface area contributed by atoms with E-state index in [9.17, 15) is 13.2 Å². The molecule has 2 rings (SSSR count). The van der Waals surface area contributed by atoms with Crippen LogP contribution in [0.1, 0.15) is 0 Å². The number of nitrogen functional groups attached to an aromatic ring is 1. The van der Waals surface area contributed by atoms with Crippen molar-refractivity contribution < 1.29 is 17.9 Å². The van der Waals surface area contributed by atoms with Gasteiger partial charge in [-0.2, -0.15) is 13.2 Å². The molecule has 1 aromatic heterocycles. The Morgan fingerprint density at radius 3 is 2.41 bits per heavy atom. The molecule has 0 spiro atoms. The summed E-state index contributed by atoms with van der Waals surface area (Å²) in [6, 6.07) is 6.57. The summed E-state index contributed by atoms with van der Waals surface area (Å²) in [4.78, 5) is 0. The summed E-state index contributed by atoms with van der Waals surface area (Å²) in [5, 5.41) is 7.98. The minimum atomic E-state index is -4.41. The van der Waals surface area contributed by atoms with Crippen LogP contribution >= 0.6 is 0 Å². The van der Waals surface area contributed by atoms with Crippen LogP contribution in [0.15, 0.2) is 24.3 Å². The Morgan fingerprint density at radius 1 is 1.12 bits per heavy atom. The normalized spacial score (nSPS) is 11.7. The third kappa shape index (κ3) is 2.55. The summed E-state index contributed by atoms with van der Waals surface area (Å²) in [6.45, 7) is -1.41. The Morgan fingerprint density at radius 2 is 1.76 bits per heavy atom. The van der Waals surface area contributed by atoms with Crippen molar-refractivity contribution in [1.29, 1.82) is 0 Å². The first-order valence-electron chi connectivity index (χ1n) is 4.68. The summed E-state index contributed by atoms with van der Waals surface area (Å²) in [5.74, 6) is -0.0212. The molecule has 1 heterocycles. The lowest BCUT2D eigenvalue weighted by atomic mass is 10.2. The SMILES string of the molecule is Nc1nnc(OCC(F)(F)F)c2ccccc12. The molecule has 2 N–H and O–H groups in total. The topological polar surface area (TPSA) is 61.0 Å². The molecule has 0 amide bonds. The van der Waals surface area contributed by atoms with Crippen molar-refractivity contribution in [3.63, 3.8) is 0 Å². The van der Waals surface area contributed by atoms with Gasteiger partial charge in [0.25, 0.3) is 0 Å². The number of hydrogen-bond donors (Lipinski definition) is 1. The predicted octanol–water partition coefficient (Wildman–Crippen LogP) is 2.15. The molecule has 7 heteroatoms. The van der Waals surface area contributed by atoms with Gasteiger partial charge in [-0.3, -0.25) is 0 Å². The highest BCUT2D eigenvalue weighted by Crippen LogP contribution is 2.27. The molecule has 90 valence electrons. The van der Waals surface area contributed by atoms with Crippen LogP contribution in [0.2, 0.25) is 0 Å². The van der Waals surface area contributed by atoms with Crippen LogP contribution < -0.4 is 10.5 Å². The fourth-order valence-corrected chi connectivity index (χ4v) is 1.36. The number of nitrogens with two attached hydrogens (primary N) is 1. The highest BCUT2D eigenvalue weighted by atomic mass is 19.4. The van der Waals surface area contributed by atoms with Crippen molar-refractivity contribution in [3.05, 3.63) is 24.3 Å². The molecule has 0 fully saturated rings. The Hall–Kier alpha value is -2.05. The highest BCUT2D eigenvalue weighted by molar-refractivity contribution is 5.93. The van der Waals surface area contributed by atoms with E-state index in [1.165, 1.54) is 0 Å². The van der Waals surface area contributed by atoms with Crippen LogP contribution in [-0.2, 0) is 0 Å². The molecule has 0 saturated heterocycles. The third-order valence-electron chi connectivity index (χ3n) is 2.05. The Bertz CT molecular complexity index is 542. The lowest BCUT2D eigenvalue weighted by Gasteiger charge is -2.10. The molecule has 17 heavy (non-hydrogen) atoms. The Labute approximate surface area is 94.2 Å². The van der Waals surface area contributed by atoms with Gasteiger partial charge in [0.05, 0.1) is 0 Å². The second kappa shape index (κ2) is 4.08. The van der Waals surface area contributed by atoms with Gasteiger partial charge in [0, 0.05) is 10.8 Å². The molecule has 0 radical (unpaired) electrons. The van der Waals surface area contributed by atoms with Crippen LogP contribution in [-0.4, -0.2) is 23.0 Å². The van der Waals surface area contributed by atoms with E-state index in [0.717, 1.165) is 0 Å². The van der Waals surface area contributed by atoms with Gasteiger partial charge in [-0.1, -0.05) is 18.2 Å². The molecule has 1 aromatic carbocycles. The molecule has 2 aromatic rings. The van der Waals surface area contributed by atoms with Gasteiger partial charge in [-0.15, -0.1) is 10.2 Å². The van der Waals surface area contributed by atoms with E-state index in [1.54, 1.807) is 24.3 Å². The number of fused-ring (bicyclic) bond motifs is 1. The number of aromatic nitrogens is 2. The maximum absolute atomic E-state index is 12.0. The lowest BCUT2D eigenvalue weighted by Crippen LogP contribution is -2.20. The zero-order valence-electron chi connectivity index (χ0n) is 8.53. The van der Waals surface area contributed by atoms with Gasteiger partial charge in [0.1, 0.15) is 0 Å². The van der Waals surface area contributed by atoms with Gasteiger partial charge in [0.15, 0.2) is 12.4 Å². The van der Waals surface area contributed by atoms with E-state index < -0.39 is 12.8 Å². The van der Waals surface area contributed by atoms with Gasteiger partial charge in [0.2, 0.25) is 5.88 Å². The summed E-state index contributed by atoms with van der Waals surface area (Å²) in [6.07, 6.45) is -4.41. The van der Waals surface area contributed by atoms with Gasteiger partial charge < -0.3 is 10.5 Å². The van der Waals surface area contributed by atoms with Crippen LogP contribution in [0, 0.1) is 0 Å². The van der Waals surface area contributed by atoms with Crippen molar-refractivity contribution in [2.45, 2.75) is 6.18 Å². The van der Waals surface area contributed by atoms with Crippen LogP contribution in [0.5, 0.6) is 5.88 Å². The van der Waals surface area contributed by atoms with Crippen LogP contribution in [0.25, 0.3) is 10.8 Å². The number of benzene rings is 1. The summed E-state index contributed by atoms with van der Waals surface area (Å²) in [5.41, 5.74) is 5.56. The first-order chi connectivity index (χ1) is 7.97. The van der Waals surface area contributed by atoms with Crippen LogP contribution in [0.4, 0.5) is 19.0 Å². The second-order valence-corrected chi connectivity index (χ2v) is 3.34. The largest absolute Gasteiger partial charge is 0.467 e. The third-order valence-corrected chi connectivity index (χ3v) is 2.05. The maximum atomic E-state index is 12.0. The minimum absolute atomic E-state index is 0.153. The average molecular weight is 243 g/mol. The number of halogens is 3. The van der Waals surface area contributed by atoms with E-state index in [2.05, 4.69) is 14.9 Å². The monoisotopic (exact) mass is 243 g/mol. The molecular formula is C10H8F3N3O. The molecule has 4 nitrogen and oxygen atoms in total. The second-order valence-electron chi connectivity index (χ2n) is 3.34. The predicted molar refractivity (Wildman–Crippen MR) is 55.5 cm³/mol. The summed E-state index contributed by atoms with van der Waals surface area (Å²) < 4.78 is 40.7. The van der Waals surface area contributed by atoms with E-state index in [-0.39, 0.29) is 11.7 Å². The first kappa shape index (κ1) is 11.4. The summed E-state index contributed by atoms with van der Waals surface area (Å²) >= 11 is 0. The van der Waals surface area contributed by atoms with Gasteiger partial charge in [-0.05, 0) is 6.07 Å². The molecule has 0 aliphatic heterocycles. The molecule has 0 bridgehead atoms. The number of alkyl halides is 3. The maximum Gasteiger partial charge on any atom is 0.422 e. The number of nitrogens with zero attached hydrogens (tertiary/aromatic N) is 2. The first-order valence-corrected chi connectivity index (χ1v) is 4.68. The highest BCUT2D eigenvalue weighted by Gasteiger charge is 2.29. The van der Waals surface area contributed by atoms with Crippen molar-refractivity contribution in [3.8, 4) is 5.88 Å². The summed E-state index contributed by atoms with van der Waals surface area (Å²) in [7, 11) is 0. The smallest absolute Gasteiger partial charge is 0.422 e. The Kier molecular flexibility index (Phi) is 2.74. The quantitative estimate of drug-likeness (QED) is 0.877. The van der Waals surface area contributed by atoms with Crippen molar-refractivity contribution in [2.75, 3.05) is 12.3 Å². The van der Waals surface area contributed by atoms with E-state index in [0.29, 0.717) is 10.8 Å². The van der Waals surface area contributed by atoms with Gasteiger partial charge >= 0.3 is 6.18 Å². The number of anilines is 1. The van der Waals surface area contributed by atoms with E-state index >= 15 is 0 Å². The molecule has 0 atom stereocenters. The standard InChI is InChI=1S/C10H8F3N3O/c11-10(12,13)5-17-9-7-4-2-1-3-6(7)8(14)15-16-9/h1-4H,5H2,(H2,14,15). The van der Waals surface area contributed by atoms with Crippen LogP contribution in [0.3, 0.4) is 0 Å². The zero-order chi connectivity index (χ0) is 12.5. The average Bonchev–Trinajstić information content (AvgIpc) is 2.27. The fourth-order valence-electron chi connectivity index (χ4n) is 1.36. The molecule has 0 aliphatic carbocycles. The van der Waals surface area contributed by atoms with Crippen molar-refractivity contribution in [2.24, 2.45) is 0 Å². The van der Waals surface area contributed by atoms with Crippen molar-refractivity contribution >= 4 is 16.6 Å². The van der Waals surface area contributed by atoms with E-state index in [4.69, 9.17) is 5.73 Å². The minimum Gasteiger partial charge on any atom is -0.467 e. The molecule has 0 aliphatic rings. The molecular weight excluding hydrogens is 235 g/mol. The van der Waals surface area contributed by atoms with E-state index in [1.807, 2.05) is 0 Å². The number of rotatable bonds is 2. The van der Waals surface area contributed by atoms with Gasteiger partial charge in [-0.25, -0.2) is 0 Å². The fraction of sp³-hybridized carbons (Fsp3) is 0.200.